The molecule has 0 saturated carbocycles. The van der Waals surface area contributed by atoms with Gasteiger partial charge in [-0.15, -0.1) is 0 Å². The van der Waals surface area contributed by atoms with Gasteiger partial charge in [-0.05, 0) is 19.1 Å². The zero-order chi connectivity index (χ0) is 14.8. The van der Waals surface area contributed by atoms with E-state index in [9.17, 15) is 9.59 Å². The topological polar surface area (TPSA) is 78.9 Å². The molecule has 110 valence electrons. The van der Waals surface area contributed by atoms with Gasteiger partial charge in [-0.1, -0.05) is 18.2 Å². The Morgan fingerprint density at radius 3 is 2.60 bits per heavy atom. The molecule has 2 N–H and O–H groups in total. The number of nitrogens with zero attached hydrogens (tertiary/aromatic N) is 1. The molecule has 1 aromatic rings. The first kappa shape index (κ1) is 16.0. The number of nitrogens with one attached hydrogen (secondary N) is 1. The molecule has 0 aliphatic carbocycles. The van der Waals surface area contributed by atoms with Gasteiger partial charge in [-0.25, -0.2) is 4.79 Å². The highest BCUT2D eigenvalue weighted by atomic mass is 16.5. The van der Waals surface area contributed by atoms with Gasteiger partial charge in [0, 0.05) is 18.8 Å². The van der Waals surface area contributed by atoms with Gasteiger partial charge < -0.3 is 15.2 Å². The fraction of sp³-hybridized carbons (Fsp3) is 0.429. The third kappa shape index (κ3) is 5.27. The number of hydrogen-bond acceptors (Lipinski definition) is 4. The number of amides is 2. The standard InChI is InChI=1S/C14H20N2O4/c1-2-20-13(18)8-10-16(14(19)15-9-11-17)12-6-4-3-5-7-12/h3-7,17H,2,8-11H2,1H3,(H,15,19). The first-order valence-electron chi connectivity index (χ1n) is 6.56. The van der Waals surface area contributed by atoms with Crippen molar-refractivity contribution < 1.29 is 19.4 Å². The Hall–Kier alpha value is -2.08. The second kappa shape index (κ2) is 8.92. The highest BCUT2D eigenvalue weighted by Gasteiger charge is 2.16. The summed E-state index contributed by atoms with van der Waals surface area (Å²) in [7, 11) is 0. The van der Waals surface area contributed by atoms with Crippen LogP contribution in [-0.2, 0) is 9.53 Å². The molecular formula is C14H20N2O4. The third-order valence-electron chi connectivity index (χ3n) is 2.55. The maximum absolute atomic E-state index is 12.0. The molecule has 0 saturated heterocycles. The number of ether oxygens (including phenoxy) is 1. The first-order chi connectivity index (χ1) is 9.69. The maximum atomic E-state index is 12.0. The van der Waals surface area contributed by atoms with E-state index in [0.29, 0.717) is 12.3 Å². The number of benzene rings is 1. The minimum Gasteiger partial charge on any atom is -0.466 e. The van der Waals surface area contributed by atoms with Crippen LogP contribution in [0.25, 0.3) is 0 Å². The molecule has 0 aliphatic heterocycles. The zero-order valence-electron chi connectivity index (χ0n) is 11.5. The highest BCUT2D eigenvalue weighted by Crippen LogP contribution is 2.14. The Balaban J connectivity index is 2.69. The molecule has 0 bridgehead atoms. The molecule has 20 heavy (non-hydrogen) atoms. The average molecular weight is 280 g/mol. The summed E-state index contributed by atoms with van der Waals surface area (Å²) in [6.45, 7) is 2.32. The lowest BCUT2D eigenvalue weighted by molar-refractivity contribution is -0.142. The molecule has 0 aromatic heterocycles. The van der Waals surface area contributed by atoms with Crippen LogP contribution in [-0.4, -0.2) is 43.4 Å². The van der Waals surface area contributed by atoms with E-state index in [2.05, 4.69) is 5.32 Å². The van der Waals surface area contributed by atoms with Crippen molar-refractivity contribution in [3.63, 3.8) is 0 Å². The van der Waals surface area contributed by atoms with Crippen molar-refractivity contribution in [1.82, 2.24) is 5.32 Å². The summed E-state index contributed by atoms with van der Waals surface area (Å²) in [6.07, 6.45) is 0.120. The molecule has 6 heteroatoms. The number of aliphatic hydroxyl groups is 1. The zero-order valence-corrected chi connectivity index (χ0v) is 11.5. The number of hydrogen-bond donors (Lipinski definition) is 2. The van der Waals surface area contributed by atoms with Crippen LogP contribution in [0.15, 0.2) is 30.3 Å². The number of para-hydroxylation sites is 1. The molecule has 0 heterocycles. The summed E-state index contributed by atoms with van der Waals surface area (Å²) in [6, 6.07) is 8.68. The van der Waals surface area contributed by atoms with Crippen LogP contribution in [0.3, 0.4) is 0 Å². The van der Waals surface area contributed by atoms with Crippen LogP contribution in [0.4, 0.5) is 10.5 Å². The Labute approximate surface area is 118 Å². The molecule has 0 unspecified atom stereocenters. The number of urea groups is 1. The summed E-state index contributed by atoms with van der Waals surface area (Å²) in [5.41, 5.74) is 0.687. The minimum atomic E-state index is -0.352. The number of esters is 1. The maximum Gasteiger partial charge on any atom is 0.321 e. The van der Waals surface area contributed by atoms with Gasteiger partial charge in [-0.3, -0.25) is 9.69 Å². The number of aliphatic hydroxyl groups excluding tert-OH is 1. The largest absolute Gasteiger partial charge is 0.466 e. The Morgan fingerprint density at radius 1 is 1.30 bits per heavy atom. The van der Waals surface area contributed by atoms with Crippen molar-refractivity contribution >= 4 is 17.7 Å². The van der Waals surface area contributed by atoms with Gasteiger partial charge in [0.05, 0.1) is 19.6 Å². The van der Waals surface area contributed by atoms with Crippen molar-refractivity contribution in [3.8, 4) is 0 Å². The predicted molar refractivity (Wildman–Crippen MR) is 75.5 cm³/mol. The Kier molecular flexibility index (Phi) is 7.13. The summed E-state index contributed by atoms with van der Waals surface area (Å²) in [4.78, 5) is 24.9. The highest BCUT2D eigenvalue weighted by molar-refractivity contribution is 5.92. The van der Waals surface area contributed by atoms with Crippen LogP contribution >= 0.6 is 0 Å². The number of carbonyl (C=O) groups is 2. The molecule has 0 radical (unpaired) electrons. The fourth-order valence-corrected chi connectivity index (χ4v) is 1.65. The SMILES string of the molecule is CCOC(=O)CCN(C(=O)NCCO)c1ccccc1. The smallest absolute Gasteiger partial charge is 0.321 e. The van der Waals surface area contributed by atoms with Gasteiger partial charge in [0.2, 0.25) is 0 Å². The average Bonchev–Trinajstić information content (AvgIpc) is 2.46. The summed E-state index contributed by atoms with van der Waals surface area (Å²) in [5.74, 6) is -0.344. The Morgan fingerprint density at radius 2 is 2.00 bits per heavy atom. The van der Waals surface area contributed by atoms with E-state index in [4.69, 9.17) is 9.84 Å². The van der Waals surface area contributed by atoms with E-state index in [-0.39, 0.29) is 38.1 Å². The minimum absolute atomic E-state index is 0.120. The van der Waals surface area contributed by atoms with Crippen LogP contribution in [0.1, 0.15) is 13.3 Å². The summed E-state index contributed by atoms with van der Waals surface area (Å²) in [5, 5.41) is 11.3. The van der Waals surface area contributed by atoms with E-state index >= 15 is 0 Å². The van der Waals surface area contributed by atoms with Gasteiger partial charge in [0.15, 0.2) is 0 Å². The van der Waals surface area contributed by atoms with Gasteiger partial charge in [0.1, 0.15) is 0 Å². The summed E-state index contributed by atoms with van der Waals surface area (Å²) < 4.78 is 4.85. The molecule has 0 fully saturated rings. The third-order valence-corrected chi connectivity index (χ3v) is 2.55. The lowest BCUT2D eigenvalue weighted by Crippen LogP contribution is -2.42. The van der Waals surface area contributed by atoms with E-state index in [1.165, 1.54) is 4.90 Å². The van der Waals surface area contributed by atoms with Crippen molar-refractivity contribution in [1.29, 1.82) is 0 Å². The molecule has 6 nitrogen and oxygen atoms in total. The first-order valence-corrected chi connectivity index (χ1v) is 6.56. The van der Waals surface area contributed by atoms with Gasteiger partial charge >= 0.3 is 12.0 Å². The lowest BCUT2D eigenvalue weighted by atomic mass is 10.2. The fourth-order valence-electron chi connectivity index (χ4n) is 1.65. The van der Waals surface area contributed by atoms with Crippen LogP contribution in [0.5, 0.6) is 0 Å². The van der Waals surface area contributed by atoms with Crippen molar-refractivity contribution in [2.45, 2.75) is 13.3 Å². The second-order valence-electron chi connectivity index (χ2n) is 4.00. The number of rotatable bonds is 7. The molecule has 0 aliphatic rings. The van der Waals surface area contributed by atoms with Crippen molar-refractivity contribution in [3.05, 3.63) is 30.3 Å². The molecule has 1 aromatic carbocycles. The molecular weight excluding hydrogens is 260 g/mol. The van der Waals surface area contributed by atoms with Gasteiger partial charge in [-0.2, -0.15) is 0 Å². The van der Waals surface area contributed by atoms with Crippen LogP contribution in [0.2, 0.25) is 0 Å². The van der Waals surface area contributed by atoms with E-state index in [0.717, 1.165) is 0 Å². The molecule has 0 spiro atoms. The van der Waals surface area contributed by atoms with E-state index < -0.39 is 0 Å². The van der Waals surface area contributed by atoms with E-state index in [1.807, 2.05) is 18.2 Å². The molecule has 1 rings (SSSR count). The second-order valence-corrected chi connectivity index (χ2v) is 4.00. The normalized spacial score (nSPS) is 9.90. The lowest BCUT2D eigenvalue weighted by Gasteiger charge is -2.22. The number of anilines is 1. The van der Waals surface area contributed by atoms with Crippen LogP contribution in [0, 0.1) is 0 Å². The van der Waals surface area contributed by atoms with E-state index in [1.54, 1.807) is 19.1 Å². The number of carbonyl (C=O) groups excluding carboxylic acids is 2. The monoisotopic (exact) mass is 280 g/mol. The van der Waals surface area contributed by atoms with Gasteiger partial charge in [0.25, 0.3) is 0 Å². The Bertz CT molecular complexity index is 422. The quantitative estimate of drug-likeness (QED) is 0.734. The summed E-state index contributed by atoms with van der Waals surface area (Å²) >= 11 is 0. The van der Waals surface area contributed by atoms with Crippen molar-refractivity contribution in [2.24, 2.45) is 0 Å². The molecule has 2 amide bonds. The predicted octanol–water partition coefficient (Wildman–Crippen LogP) is 1.15. The van der Waals surface area contributed by atoms with Crippen LogP contribution < -0.4 is 10.2 Å². The van der Waals surface area contributed by atoms with Crippen molar-refractivity contribution in [2.75, 3.05) is 31.2 Å². The molecule has 0 atom stereocenters.